The largest absolute Gasteiger partial charge is 0.494 e. The van der Waals surface area contributed by atoms with Crippen molar-refractivity contribution in [3.8, 4) is 0 Å². The van der Waals surface area contributed by atoms with Gasteiger partial charge in [0.1, 0.15) is 0 Å². The van der Waals surface area contributed by atoms with E-state index in [0.29, 0.717) is 6.54 Å². The van der Waals surface area contributed by atoms with E-state index >= 15 is 0 Å². The minimum atomic E-state index is -3.16. The van der Waals surface area contributed by atoms with Gasteiger partial charge in [-0.05, 0) is 51.7 Å². The average molecular weight is 380 g/mol. The summed E-state index contributed by atoms with van der Waals surface area (Å²) in [5.74, 6) is 0. The zero-order valence-electron chi connectivity index (χ0n) is 16.5. The number of likely N-dealkylation sites (N-methyl/N-ethyl adjacent to an activating group) is 1. The Morgan fingerprint density at radius 2 is 1.65 bits per heavy atom. The van der Waals surface area contributed by atoms with Crippen molar-refractivity contribution in [2.24, 2.45) is 0 Å². The smallest absolute Gasteiger partial charge is 0.399 e. The molecule has 2 heterocycles. The van der Waals surface area contributed by atoms with Crippen molar-refractivity contribution in [1.29, 1.82) is 0 Å². The predicted octanol–water partition coefficient (Wildman–Crippen LogP) is 1.46. The Morgan fingerprint density at radius 3 is 2.15 bits per heavy atom. The van der Waals surface area contributed by atoms with Gasteiger partial charge in [0.2, 0.25) is 10.0 Å². The minimum Gasteiger partial charge on any atom is -0.399 e. The zero-order chi connectivity index (χ0) is 19.3. The minimum absolute atomic E-state index is 0.0211. The van der Waals surface area contributed by atoms with Crippen LogP contribution < -0.4 is 10.4 Å². The molecule has 2 fully saturated rings. The summed E-state index contributed by atoms with van der Waals surface area (Å²) in [6.45, 7) is 9.74. The predicted molar refractivity (Wildman–Crippen MR) is 105 cm³/mol. The molecular weight excluding hydrogens is 351 g/mol. The third kappa shape index (κ3) is 3.65. The van der Waals surface area contributed by atoms with Gasteiger partial charge in [-0.3, -0.25) is 0 Å². The van der Waals surface area contributed by atoms with Crippen LogP contribution in [0.4, 0.5) is 5.69 Å². The molecule has 6 nitrogen and oxygen atoms in total. The molecule has 2 saturated heterocycles. The second-order valence-corrected chi connectivity index (χ2v) is 10.4. The van der Waals surface area contributed by atoms with Crippen molar-refractivity contribution < 1.29 is 17.7 Å². The summed E-state index contributed by atoms with van der Waals surface area (Å²) >= 11 is 0. The second-order valence-electron chi connectivity index (χ2n) is 8.35. The first-order valence-electron chi connectivity index (χ1n) is 9.04. The van der Waals surface area contributed by atoms with E-state index in [2.05, 4.69) is 17.0 Å². The van der Waals surface area contributed by atoms with Gasteiger partial charge >= 0.3 is 7.12 Å². The van der Waals surface area contributed by atoms with Gasteiger partial charge in [-0.15, -0.1) is 0 Å². The number of anilines is 1. The van der Waals surface area contributed by atoms with E-state index in [1.54, 1.807) is 7.05 Å². The lowest BCUT2D eigenvalue weighted by atomic mass is 9.79. The lowest BCUT2D eigenvalue weighted by Gasteiger charge is -2.32. The van der Waals surface area contributed by atoms with Crippen molar-refractivity contribution in [2.45, 2.75) is 51.4 Å². The van der Waals surface area contributed by atoms with E-state index in [4.69, 9.17) is 9.31 Å². The van der Waals surface area contributed by atoms with E-state index in [1.165, 1.54) is 10.6 Å². The molecule has 26 heavy (non-hydrogen) atoms. The van der Waals surface area contributed by atoms with Gasteiger partial charge < -0.3 is 14.2 Å². The molecule has 8 heteroatoms. The van der Waals surface area contributed by atoms with Gasteiger partial charge in [-0.2, -0.15) is 0 Å². The Bertz CT molecular complexity index is 748. The molecule has 1 aromatic carbocycles. The van der Waals surface area contributed by atoms with Crippen molar-refractivity contribution in [2.75, 3.05) is 31.3 Å². The van der Waals surface area contributed by atoms with Crippen molar-refractivity contribution in [3.05, 3.63) is 24.3 Å². The van der Waals surface area contributed by atoms with Crippen LogP contribution in [0.3, 0.4) is 0 Å². The van der Waals surface area contributed by atoms with Crippen LogP contribution in [0.15, 0.2) is 24.3 Å². The van der Waals surface area contributed by atoms with E-state index in [9.17, 15) is 8.42 Å². The van der Waals surface area contributed by atoms with Gasteiger partial charge in [0.25, 0.3) is 0 Å². The Morgan fingerprint density at radius 1 is 1.12 bits per heavy atom. The lowest BCUT2D eigenvalue weighted by Crippen LogP contribution is -2.41. The number of hydrogen-bond acceptors (Lipinski definition) is 5. The summed E-state index contributed by atoms with van der Waals surface area (Å²) in [6, 6.07) is 8.20. The Labute approximate surface area is 157 Å². The van der Waals surface area contributed by atoms with Crippen LogP contribution in [0.25, 0.3) is 0 Å². The molecule has 1 aromatic rings. The van der Waals surface area contributed by atoms with Crippen LogP contribution in [0.1, 0.15) is 34.1 Å². The van der Waals surface area contributed by atoms with Gasteiger partial charge in [0, 0.05) is 31.9 Å². The fraction of sp³-hybridized carbons (Fsp3) is 0.667. The molecule has 1 atom stereocenters. The van der Waals surface area contributed by atoms with Crippen molar-refractivity contribution >= 4 is 28.3 Å². The van der Waals surface area contributed by atoms with Gasteiger partial charge in [0.15, 0.2) is 0 Å². The molecule has 0 unspecified atom stereocenters. The summed E-state index contributed by atoms with van der Waals surface area (Å²) in [7, 11) is -1.86. The van der Waals surface area contributed by atoms with Crippen molar-refractivity contribution in [1.82, 2.24) is 4.31 Å². The molecule has 3 rings (SSSR count). The maximum absolute atomic E-state index is 11.7. The molecule has 2 aliphatic rings. The van der Waals surface area contributed by atoms with Crippen LogP contribution in [0.5, 0.6) is 0 Å². The zero-order valence-corrected chi connectivity index (χ0v) is 17.3. The quantitative estimate of drug-likeness (QED) is 0.741. The number of benzene rings is 1. The molecule has 0 spiro atoms. The Hall–Kier alpha value is -1.09. The van der Waals surface area contributed by atoms with Gasteiger partial charge in [0.05, 0.1) is 17.5 Å². The van der Waals surface area contributed by atoms with Gasteiger partial charge in [-0.25, -0.2) is 12.7 Å². The highest BCUT2D eigenvalue weighted by Crippen LogP contribution is 2.36. The molecule has 2 aliphatic heterocycles. The van der Waals surface area contributed by atoms with Gasteiger partial charge in [-0.1, -0.05) is 12.1 Å². The lowest BCUT2D eigenvalue weighted by molar-refractivity contribution is 0.00578. The summed E-state index contributed by atoms with van der Waals surface area (Å²) in [5.41, 5.74) is 1.38. The van der Waals surface area contributed by atoms with E-state index in [1.807, 2.05) is 39.8 Å². The topological polar surface area (TPSA) is 59.1 Å². The SMILES string of the molecule is CN([C@H]1CCN(c2ccc(B3OC(C)(C)C(C)(C)O3)cc2)C1)S(C)(=O)=O. The first-order chi connectivity index (χ1) is 11.9. The maximum Gasteiger partial charge on any atom is 0.494 e. The first-order valence-corrected chi connectivity index (χ1v) is 10.9. The Balaban J connectivity index is 1.68. The average Bonchev–Trinajstić information content (AvgIpc) is 3.09. The highest BCUT2D eigenvalue weighted by molar-refractivity contribution is 7.88. The molecule has 0 N–H and O–H groups in total. The maximum atomic E-state index is 11.7. The fourth-order valence-corrected chi connectivity index (χ4v) is 4.08. The van der Waals surface area contributed by atoms with E-state index in [0.717, 1.165) is 24.1 Å². The highest BCUT2D eigenvalue weighted by atomic mass is 32.2. The summed E-state index contributed by atoms with van der Waals surface area (Å²) in [4.78, 5) is 2.22. The van der Waals surface area contributed by atoms with Crippen LogP contribution in [-0.4, -0.2) is 63.5 Å². The number of hydrogen-bond donors (Lipinski definition) is 0. The normalized spacial score (nSPS) is 25.3. The first kappa shape index (κ1) is 19.7. The fourth-order valence-electron chi connectivity index (χ4n) is 3.37. The molecular formula is C18H29BN2O4S. The van der Waals surface area contributed by atoms with Crippen LogP contribution in [0, 0.1) is 0 Å². The molecule has 0 bridgehead atoms. The van der Waals surface area contributed by atoms with E-state index in [-0.39, 0.29) is 24.4 Å². The van der Waals surface area contributed by atoms with E-state index < -0.39 is 10.0 Å². The third-order valence-electron chi connectivity index (χ3n) is 5.98. The summed E-state index contributed by atoms with van der Waals surface area (Å²) in [6.07, 6.45) is 2.09. The molecule has 0 saturated carbocycles. The number of nitrogens with zero attached hydrogens (tertiary/aromatic N) is 2. The van der Waals surface area contributed by atoms with Crippen LogP contribution in [0.2, 0.25) is 0 Å². The molecule has 0 amide bonds. The molecule has 0 aromatic heterocycles. The molecule has 0 aliphatic carbocycles. The summed E-state index contributed by atoms with van der Waals surface area (Å²) < 4.78 is 37.1. The molecule has 144 valence electrons. The molecule has 0 radical (unpaired) electrons. The number of sulfonamides is 1. The van der Waals surface area contributed by atoms with Crippen LogP contribution in [-0.2, 0) is 19.3 Å². The Kier molecular flexibility index (Phi) is 4.93. The second kappa shape index (κ2) is 6.51. The monoisotopic (exact) mass is 380 g/mol. The van der Waals surface area contributed by atoms with Crippen LogP contribution >= 0.6 is 0 Å². The summed E-state index contributed by atoms with van der Waals surface area (Å²) in [5, 5.41) is 0. The third-order valence-corrected chi connectivity index (χ3v) is 7.33. The van der Waals surface area contributed by atoms with Crippen molar-refractivity contribution in [3.63, 3.8) is 0 Å². The standard InChI is InChI=1S/C18H29BN2O4S/c1-17(2)18(3,4)25-19(24-17)14-7-9-15(10-8-14)21-12-11-16(13-21)20(5)26(6,22)23/h7-10,16H,11-13H2,1-6H3/t16-/m0/s1. The highest BCUT2D eigenvalue weighted by Gasteiger charge is 2.51. The number of rotatable bonds is 4.